The summed E-state index contributed by atoms with van der Waals surface area (Å²) in [6.45, 7) is 5.83. The van der Waals surface area contributed by atoms with Crippen LogP contribution in [-0.4, -0.2) is 6.61 Å². The number of hydrogen-bond donors (Lipinski definition) is 0. The van der Waals surface area contributed by atoms with E-state index in [1.807, 2.05) is 0 Å². The highest BCUT2D eigenvalue weighted by Gasteiger charge is 2.36. The van der Waals surface area contributed by atoms with Crippen molar-refractivity contribution in [2.24, 2.45) is 17.8 Å². The zero-order valence-corrected chi connectivity index (χ0v) is 17.0. The number of fused-ring (bicyclic) bond motifs is 2. The average molecular weight is 403 g/mol. The molecule has 2 aromatic rings. The molecule has 0 aromatic heterocycles. The fourth-order valence-electron chi connectivity index (χ4n) is 5.58. The maximum atomic E-state index is 15.4. The molecule has 2 saturated carbocycles. The highest BCUT2D eigenvalue weighted by molar-refractivity contribution is 5.86. The third-order valence-corrected chi connectivity index (χ3v) is 7.21. The Labute approximate surface area is 170 Å². The van der Waals surface area contributed by atoms with Crippen molar-refractivity contribution in [3.63, 3.8) is 0 Å². The smallest absolute Gasteiger partial charge is 0.201 e. The molecule has 0 N–H and O–H groups in total. The van der Waals surface area contributed by atoms with Gasteiger partial charge >= 0.3 is 0 Å². The summed E-state index contributed by atoms with van der Waals surface area (Å²) in [6, 6.07) is 4.82. The van der Waals surface area contributed by atoms with Crippen molar-refractivity contribution in [1.29, 1.82) is 0 Å². The van der Waals surface area contributed by atoms with Crippen LogP contribution in [0.1, 0.15) is 63.4 Å². The summed E-state index contributed by atoms with van der Waals surface area (Å²) in [6.07, 6.45) is 9.44. The van der Waals surface area contributed by atoms with E-state index in [0.717, 1.165) is 31.1 Å². The summed E-state index contributed by atoms with van der Waals surface area (Å²) < 4.78 is 49.7. The Morgan fingerprint density at radius 2 is 1.76 bits per heavy atom. The van der Waals surface area contributed by atoms with Crippen molar-refractivity contribution < 1.29 is 17.9 Å². The quantitative estimate of drug-likeness (QED) is 0.470. The van der Waals surface area contributed by atoms with Gasteiger partial charge < -0.3 is 4.74 Å². The zero-order chi connectivity index (χ0) is 20.5. The first-order valence-electron chi connectivity index (χ1n) is 10.9. The lowest BCUT2D eigenvalue weighted by molar-refractivity contribution is 0.116. The van der Waals surface area contributed by atoms with Gasteiger partial charge in [0, 0.05) is 0 Å². The Hall–Kier alpha value is -1.97. The molecule has 0 bridgehead atoms. The Bertz CT molecular complexity index is 907. The van der Waals surface area contributed by atoms with Gasteiger partial charge in [-0.25, -0.2) is 8.78 Å². The van der Waals surface area contributed by atoms with Gasteiger partial charge in [-0.3, -0.25) is 0 Å². The Morgan fingerprint density at radius 3 is 2.52 bits per heavy atom. The standard InChI is InChI=1S/C25H29F3O/c1-3-11-29-21-14-19-9-10-20(23(26)22(19)25(28)24(21)27)18-8-7-16-12-15(4-2)5-6-17(16)13-18/h3,9-10,14-18H,1,4-8,11-13H2,2H3. The molecule has 4 rings (SSSR count). The predicted octanol–water partition coefficient (Wildman–Crippen LogP) is 7.53. The van der Waals surface area contributed by atoms with Crippen LogP contribution in [0.5, 0.6) is 5.75 Å². The van der Waals surface area contributed by atoms with Crippen molar-refractivity contribution in [2.45, 2.75) is 57.8 Å². The first-order chi connectivity index (χ1) is 14.0. The van der Waals surface area contributed by atoms with E-state index in [-0.39, 0.29) is 23.7 Å². The van der Waals surface area contributed by atoms with Gasteiger partial charge in [0.2, 0.25) is 5.82 Å². The Morgan fingerprint density at radius 1 is 1.00 bits per heavy atom. The first kappa shape index (κ1) is 20.3. The molecule has 2 aromatic carbocycles. The molecule has 0 aliphatic heterocycles. The molecule has 2 aliphatic rings. The maximum absolute atomic E-state index is 15.4. The summed E-state index contributed by atoms with van der Waals surface area (Å²) in [4.78, 5) is 0. The van der Waals surface area contributed by atoms with Crippen molar-refractivity contribution in [3.8, 4) is 5.75 Å². The third kappa shape index (κ3) is 3.78. The Balaban J connectivity index is 1.63. The molecule has 4 unspecified atom stereocenters. The molecule has 0 saturated heterocycles. The van der Waals surface area contributed by atoms with E-state index >= 15 is 4.39 Å². The second-order valence-corrected chi connectivity index (χ2v) is 8.79. The average Bonchev–Trinajstić information content (AvgIpc) is 2.74. The van der Waals surface area contributed by atoms with E-state index < -0.39 is 17.5 Å². The van der Waals surface area contributed by atoms with Gasteiger partial charge in [-0.05, 0) is 72.8 Å². The molecule has 0 radical (unpaired) electrons. The summed E-state index contributed by atoms with van der Waals surface area (Å²) in [5.74, 6) is -0.849. The van der Waals surface area contributed by atoms with Gasteiger partial charge in [0.15, 0.2) is 11.6 Å². The van der Waals surface area contributed by atoms with Gasteiger partial charge in [0.1, 0.15) is 12.4 Å². The number of ether oxygens (including phenoxy) is 1. The molecular formula is C25H29F3O. The van der Waals surface area contributed by atoms with Gasteiger partial charge in [-0.2, -0.15) is 4.39 Å². The monoisotopic (exact) mass is 402 g/mol. The van der Waals surface area contributed by atoms with Crippen LogP contribution in [0.25, 0.3) is 10.8 Å². The minimum absolute atomic E-state index is 0.0615. The zero-order valence-electron chi connectivity index (χ0n) is 17.0. The van der Waals surface area contributed by atoms with Gasteiger partial charge in [0.25, 0.3) is 0 Å². The van der Waals surface area contributed by atoms with Crippen LogP contribution in [-0.2, 0) is 0 Å². The van der Waals surface area contributed by atoms with Crippen LogP contribution < -0.4 is 4.74 Å². The van der Waals surface area contributed by atoms with E-state index in [2.05, 4.69) is 13.5 Å². The molecule has 0 spiro atoms. The van der Waals surface area contributed by atoms with Crippen LogP contribution in [0.2, 0.25) is 0 Å². The van der Waals surface area contributed by atoms with E-state index in [1.54, 1.807) is 12.1 Å². The highest BCUT2D eigenvalue weighted by Crippen LogP contribution is 2.49. The van der Waals surface area contributed by atoms with Crippen LogP contribution in [0.4, 0.5) is 13.2 Å². The van der Waals surface area contributed by atoms with Crippen LogP contribution in [0.3, 0.4) is 0 Å². The molecule has 4 heteroatoms. The second kappa shape index (κ2) is 8.41. The summed E-state index contributed by atoms with van der Waals surface area (Å²) in [7, 11) is 0. The van der Waals surface area contributed by atoms with Crippen LogP contribution in [0.15, 0.2) is 30.9 Å². The van der Waals surface area contributed by atoms with Gasteiger partial charge in [-0.1, -0.05) is 44.6 Å². The molecule has 2 fully saturated rings. The molecule has 2 aliphatic carbocycles. The molecule has 4 atom stereocenters. The van der Waals surface area contributed by atoms with Crippen molar-refractivity contribution >= 4 is 10.8 Å². The SMILES string of the molecule is C=CCOc1cc2ccc(C3CCC4CC(CC)CCC4C3)c(F)c2c(F)c1F. The lowest BCUT2D eigenvalue weighted by Crippen LogP contribution is -2.30. The van der Waals surface area contributed by atoms with Gasteiger partial charge in [0.05, 0.1) is 5.39 Å². The van der Waals surface area contributed by atoms with E-state index in [9.17, 15) is 8.78 Å². The second-order valence-electron chi connectivity index (χ2n) is 8.79. The van der Waals surface area contributed by atoms with Crippen LogP contribution >= 0.6 is 0 Å². The van der Waals surface area contributed by atoms with Gasteiger partial charge in [-0.15, -0.1) is 0 Å². The summed E-state index contributed by atoms with van der Waals surface area (Å²) in [5, 5.41) is 0.0594. The molecule has 29 heavy (non-hydrogen) atoms. The lowest BCUT2D eigenvalue weighted by Gasteiger charge is -2.42. The normalized spacial score (nSPS) is 26.9. The summed E-state index contributed by atoms with van der Waals surface area (Å²) >= 11 is 0. The van der Waals surface area contributed by atoms with E-state index in [1.165, 1.54) is 37.8 Å². The molecule has 156 valence electrons. The number of benzene rings is 2. The highest BCUT2D eigenvalue weighted by atomic mass is 19.2. The first-order valence-corrected chi connectivity index (χ1v) is 10.9. The minimum Gasteiger partial charge on any atom is -0.486 e. The molecule has 0 heterocycles. The fraction of sp³-hybridized carbons (Fsp3) is 0.520. The predicted molar refractivity (Wildman–Crippen MR) is 111 cm³/mol. The number of halogens is 3. The molecule has 1 nitrogen and oxygen atoms in total. The van der Waals surface area contributed by atoms with Crippen molar-refractivity contribution in [2.75, 3.05) is 6.61 Å². The topological polar surface area (TPSA) is 9.23 Å². The number of hydrogen-bond acceptors (Lipinski definition) is 1. The fourth-order valence-corrected chi connectivity index (χ4v) is 5.58. The number of rotatable bonds is 5. The van der Waals surface area contributed by atoms with E-state index in [4.69, 9.17) is 4.74 Å². The van der Waals surface area contributed by atoms with Crippen molar-refractivity contribution in [3.05, 3.63) is 53.9 Å². The Kier molecular flexibility index (Phi) is 5.89. The maximum Gasteiger partial charge on any atom is 0.201 e. The lowest BCUT2D eigenvalue weighted by atomic mass is 9.63. The van der Waals surface area contributed by atoms with Crippen LogP contribution in [0, 0.1) is 35.2 Å². The molecular weight excluding hydrogens is 373 g/mol. The minimum atomic E-state index is -1.17. The van der Waals surface area contributed by atoms with Crippen molar-refractivity contribution in [1.82, 2.24) is 0 Å². The summed E-state index contributed by atoms with van der Waals surface area (Å²) in [5.41, 5.74) is 0.534. The largest absolute Gasteiger partial charge is 0.486 e. The third-order valence-electron chi connectivity index (χ3n) is 7.21. The van der Waals surface area contributed by atoms with E-state index in [0.29, 0.717) is 16.9 Å². The molecule has 0 amide bonds.